The Labute approximate surface area is 173 Å². The fourth-order valence-corrected chi connectivity index (χ4v) is 4.95. The highest BCUT2D eigenvalue weighted by molar-refractivity contribution is 6.31. The number of anilines is 1. The molecule has 1 fully saturated rings. The molecule has 0 aliphatic carbocycles. The summed E-state index contributed by atoms with van der Waals surface area (Å²) in [6.45, 7) is 11.2. The third-order valence-corrected chi connectivity index (χ3v) is 6.71. The van der Waals surface area contributed by atoms with Gasteiger partial charge in [0.25, 0.3) is 0 Å². The highest BCUT2D eigenvalue weighted by atomic mass is 35.5. The first-order chi connectivity index (χ1) is 12.8. The van der Waals surface area contributed by atoms with E-state index in [2.05, 4.69) is 54.8 Å². The van der Waals surface area contributed by atoms with Crippen molar-refractivity contribution in [2.45, 2.75) is 51.1 Å². The molecule has 0 N–H and O–H groups in total. The summed E-state index contributed by atoms with van der Waals surface area (Å²) >= 11 is 12.4. The summed E-state index contributed by atoms with van der Waals surface area (Å²) in [4.78, 5) is 5.14. The summed E-state index contributed by atoms with van der Waals surface area (Å²) in [6.07, 6.45) is 2.36. The average molecular weight is 403 g/mol. The molecule has 0 unspecified atom stereocenters. The zero-order chi connectivity index (χ0) is 19.2. The van der Waals surface area contributed by atoms with E-state index in [0.29, 0.717) is 0 Å². The van der Waals surface area contributed by atoms with E-state index in [1.807, 2.05) is 18.2 Å². The van der Waals surface area contributed by atoms with Crippen LogP contribution in [0.25, 0.3) is 0 Å². The highest BCUT2D eigenvalue weighted by Gasteiger charge is 2.47. The van der Waals surface area contributed by atoms with Gasteiger partial charge in [-0.25, -0.2) is 0 Å². The summed E-state index contributed by atoms with van der Waals surface area (Å²) in [5.41, 5.74) is 4.51. The summed E-state index contributed by atoms with van der Waals surface area (Å²) < 4.78 is 0. The smallest absolute Gasteiger partial charge is 0.0410 e. The summed E-state index contributed by atoms with van der Waals surface area (Å²) in [6, 6.07) is 14.7. The van der Waals surface area contributed by atoms with E-state index in [1.54, 1.807) is 0 Å². The molecule has 0 bridgehead atoms. The number of likely N-dealkylation sites (tertiary alicyclic amines) is 1. The molecule has 2 heterocycles. The molecule has 0 aromatic heterocycles. The number of benzene rings is 2. The van der Waals surface area contributed by atoms with Crippen LogP contribution in [0.2, 0.25) is 10.0 Å². The molecule has 27 heavy (non-hydrogen) atoms. The number of fused-ring (bicyclic) bond motifs is 2. The fourth-order valence-electron chi connectivity index (χ4n) is 4.65. The van der Waals surface area contributed by atoms with E-state index < -0.39 is 0 Å². The van der Waals surface area contributed by atoms with Crippen molar-refractivity contribution in [1.29, 1.82) is 0 Å². The van der Waals surface area contributed by atoms with Gasteiger partial charge in [-0.15, -0.1) is 0 Å². The first kappa shape index (κ1) is 19.1. The van der Waals surface area contributed by atoms with Crippen LogP contribution < -0.4 is 4.90 Å². The van der Waals surface area contributed by atoms with Crippen LogP contribution in [0.4, 0.5) is 5.69 Å². The summed E-state index contributed by atoms with van der Waals surface area (Å²) in [5.74, 6) is 0. The number of hydrogen-bond donors (Lipinski definition) is 0. The van der Waals surface area contributed by atoms with E-state index in [4.69, 9.17) is 23.2 Å². The van der Waals surface area contributed by atoms with Crippen LogP contribution in [-0.4, -0.2) is 30.1 Å². The molecule has 4 heteroatoms. The lowest BCUT2D eigenvalue weighted by Gasteiger charge is -2.42. The lowest BCUT2D eigenvalue weighted by molar-refractivity contribution is 0.157. The quantitative estimate of drug-likeness (QED) is 0.594. The Hall–Kier alpha value is -1.22. The minimum Gasteiger partial charge on any atom is -0.366 e. The minimum atomic E-state index is 0.118. The van der Waals surface area contributed by atoms with E-state index in [0.717, 1.165) is 36.2 Å². The number of hydrogen-bond acceptors (Lipinski definition) is 2. The highest BCUT2D eigenvalue weighted by Crippen LogP contribution is 2.50. The van der Waals surface area contributed by atoms with Gasteiger partial charge in [0.05, 0.1) is 0 Å². The summed E-state index contributed by atoms with van der Waals surface area (Å²) in [5, 5.41) is 1.66. The van der Waals surface area contributed by atoms with Crippen molar-refractivity contribution in [2.24, 2.45) is 0 Å². The third-order valence-electron chi connectivity index (χ3n) is 6.22. The maximum absolute atomic E-state index is 6.40. The van der Waals surface area contributed by atoms with Crippen LogP contribution in [0.15, 0.2) is 42.5 Å². The molecule has 2 aromatic carbocycles. The van der Waals surface area contributed by atoms with Gasteiger partial charge >= 0.3 is 0 Å². The van der Waals surface area contributed by atoms with Crippen molar-refractivity contribution in [3.63, 3.8) is 0 Å². The van der Waals surface area contributed by atoms with Gasteiger partial charge in [0.15, 0.2) is 0 Å². The van der Waals surface area contributed by atoms with Gasteiger partial charge in [-0.3, -0.25) is 4.90 Å². The molecule has 2 nitrogen and oxygen atoms in total. The van der Waals surface area contributed by atoms with Crippen molar-refractivity contribution in [2.75, 3.05) is 24.5 Å². The van der Waals surface area contributed by atoms with Gasteiger partial charge in [0, 0.05) is 39.8 Å². The first-order valence-corrected chi connectivity index (χ1v) is 10.6. The molecule has 1 saturated heterocycles. The lowest BCUT2D eigenvalue weighted by Crippen LogP contribution is -2.48. The maximum atomic E-state index is 6.40. The van der Waals surface area contributed by atoms with E-state index in [1.165, 1.54) is 29.7 Å². The van der Waals surface area contributed by atoms with Crippen molar-refractivity contribution in [3.05, 3.63) is 63.6 Å². The summed E-state index contributed by atoms with van der Waals surface area (Å²) in [7, 11) is 0. The molecule has 4 rings (SSSR count). The monoisotopic (exact) mass is 402 g/mol. The molecule has 0 saturated carbocycles. The van der Waals surface area contributed by atoms with Crippen LogP contribution >= 0.6 is 23.2 Å². The second-order valence-electron chi connectivity index (χ2n) is 9.10. The van der Waals surface area contributed by atoms with Gasteiger partial charge in [-0.2, -0.15) is 0 Å². The van der Waals surface area contributed by atoms with Crippen molar-refractivity contribution < 1.29 is 0 Å². The molecule has 2 aliphatic heterocycles. The van der Waals surface area contributed by atoms with Crippen LogP contribution in [0.1, 0.15) is 44.7 Å². The molecule has 0 radical (unpaired) electrons. The van der Waals surface area contributed by atoms with E-state index >= 15 is 0 Å². The van der Waals surface area contributed by atoms with Crippen LogP contribution in [0.5, 0.6) is 0 Å². The molecular formula is C23H28Cl2N2. The van der Waals surface area contributed by atoms with Gasteiger partial charge in [0.2, 0.25) is 0 Å². The van der Waals surface area contributed by atoms with Crippen LogP contribution in [0.3, 0.4) is 0 Å². The van der Waals surface area contributed by atoms with E-state index in [9.17, 15) is 0 Å². The van der Waals surface area contributed by atoms with Gasteiger partial charge < -0.3 is 4.90 Å². The zero-order valence-electron chi connectivity index (χ0n) is 16.4. The number of rotatable bonds is 2. The van der Waals surface area contributed by atoms with Crippen LogP contribution in [-0.2, 0) is 12.0 Å². The zero-order valence-corrected chi connectivity index (χ0v) is 17.9. The van der Waals surface area contributed by atoms with Crippen molar-refractivity contribution in [1.82, 2.24) is 4.90 Å². The topological polar surface area (TPSA) is 6.48 Å². The number of nitrogens with zero attached hydrogens (tertiary/aromatic N) is 2. The second-order valence-corrected chi connectivity index (χ2v) is 9.97. The third kappa shape index (κ3) is 3.72. The lowest BCUT2D eigenvalue weighted by atomic mass is 9.74. The predicted molar refractivity (Wildman–Crippen MR) is 116 cm³/mol. The molecule has 144 valence electrons. The number of piperidine rings is 1. The Bertz CT molecular complexity index is 815. The predicted octanol–water partition coefficient (Wildman–Crippen LogP) is 6.15. The van der Waals surface area contributed by atoms with Gasteiger partial charge in [-0.1, -0.05) is 35.3 Å². The molecule has 0 amide bonds. The van der Waals surface area contributed by atoms with Gasteiger partial charge in [0.1, 0.15) is 0 Å². The Morgan fingerprint density at radius 1 is 0.926 bits per heavy atom. The molecule has 1 spiro atoms. The Balaban J connectivity index is 1.54. The van der Waals surface area contributed by atoms with Crippen LogP contribution in [0, 0.1) is 0 Å². The van der Waals surface area contributed by atoms with Crippen molar-refractivity contribution in [3.8, 4) is 0 Å². The SMILES string of the molecule is CC(C)(C)N1CC2(CCN(Cc3ccc(Cl)cc3)CC2)c2cc(Cl)ccc21. The standard InChI is InChI=1S/C23H28Cl2N2/c1-22(2,3)27-16-23(20-14-19(25)8-9-21(20)27)10-12-26(13-11-23)15-17-4-6-18(24)7-5-17/h4-9,14H,10-13,15-16H2,1-3H3. The maximum Gasteiger partial charge on any atom is 0.0410 e. The Morgan fingerprint density at radius 3 is 2.19 bits per heavy atom. The normalized spacial score (nSPS) is 19.5. The van der Waals surface area contributed by atoms with E-state index in [-0.39, 0.29) is 11.0 Å². The average Bonchev–Trinajstić information content (AvgIpc) is 2.93. The second kappa shape index (κ2) is 6.99. The fraction of sp³-hybridized carbons (Fsp3) is 0.478. The Morgan fingerprint density at radius 2 is 1.56 bits per heavy atom. The largest absolute Gasteiger partial charge is 0.366 e. The molecule has 2 aliphatic rings. The molecular weight excluding hydrogens is 375 g/mol. The molecule has 2 aromatic rings. The molecule has 0 atom stereocenters. The van der Waals surface area contributed by atoms with Crippen molar-refractivity contribution >= 4 is 28.9 Å². The Kier molecular flexibility index (Phi) is 4.95. The minimum absolute atomic E-state index is 0.118. The number of halogens is 2. The first-order valence-electron chi connectivity index (χ1n) is 9.81. The van der Waals surface area contributed by atoms with Gasteiger partial charge in [-0.05, 0) is 88.2 Å².